The number of rotatable bonds is 4. The summed E-state index contributed by atoms with van der Waals surface area (Å²) in [6, 6.07) is 14.3. The van der Waals surface area contributed by atoms with E-state index < -0.39 is 17.7 Å². The first-order valence-corrected chi connectivity index (χ1v) is 8.54. The van der Waals surface area contributed by atoms with Gasteiger partial charge in [0.15, 0.2) is 0 Å². The number of anilines is 1. The maximum atomic E-state index is 12.4. The number of nitrogens with one attached hydrogen (secondary N) is 1. The van der Waals surface area contributed by atoms with E-state index >= 15 is 0 Å². The van der Waals surface area contributed by atoms with Gasteiger partial charge in [0.25, 0.3) is 0 Å². The molecule has 2 aromatic carbocycles. The summed E-state index contributed by atoms with van der Waals surface area (Å²) in [5.41, 5.74) is 0.821. The van der Waals surface area contributed by atoms with Crippen LogP contribution in [0.4, 0.5) is 10.5 Å². The van der Waals surface area contributed by atoms with Gasteiger partial charge in [-0.2, -0.15) is 0 Å². The van der Waals surface area contributed by atoms with Crippen LogP contribution in [0, 0.1) is 0 Å². The number of amides is 1. The van der Waals surface area contributed by atoms with Gasteiger partial charge in [0.1, 0.15) is 12.2 Å². The molecule has 0 saturated carbocycles. The molecule has 1 amide bonds. The van der Waals surface area contributed by atoms with Crippen LogP contribution in [-0.2, 0) is 16.1 Å². The largest absolute Gasteiger partial charge is 0.456 e. The van der Waals surface area contributed by atoms with E-state index in [1.165, 1.54) is 0 Å². The van der Waals surface area contributed by atoms with Gasteiger partial charge in [0, 0.05) is 4.47 Å². The average Bonchev–Trinajstić information content (AvgIpc) is 2.54. The number of halogens is 1. The van der Waals surface area contributed by atoms with Gasteiger partial charge >= 0.3 is 12.1 Å². The molecule has 6 heteroatoms. The van der Waals surface area contributed by atoms with Crippen molar-refractivity contribution in [2.45, 2.75) is 33.0 Å². The van der Waals surface area contributed by atoms with Crippen LogP contribution in [0.15, 0.2) is 53.0 Å². The Balaban J connectivity index is 2.08. The zero-order chi connectivity index (χ0) is 18.4. The summed E-state index contributed by atoms with van der Waals surface area (Å²) in [5.74, 6) is -0.521. The first kappa shape index (κ1) is 19.0. The number of ether oxygens (including phenoxy) is 2. The molecule has 25 heavy (non-hydrogen) atoms. The van der Waals surface area contributed by atoms with Gasteiger partial charge in [-0.1, -0.05) is 46.3 Å². The van der Waals surface area contributed by atoms with E-state index in [1.54, 1.807) is 39.0 Å². The van der Waals surface area contributed by atoms with Gasteiger partial charge < -0.3 is 9.47 Å². The summed E-state index contributed by atoms with van der Waals surface area (Å²) in [6.07, 6.45) is -0.643. The molecule has 0 heterocycles. The zero-order valence-electron chi connectivity index (χ0n) is 14.3. The van der Waals surface area contributed by atoms with Crippen molar-refractivity contribution in [1.82, 2.24) is 0 Å². The highest BCUT2D eigenvalue weighted by Gasteiger charge is 2.21. The van der Waals surface area contributed by atoms with Crippen molar-refractivity contribution in [3.05, 3.63) is 64.1 Å². The van der Waals surface area contributed by atoms with Gasteiger partial charge in [-0.05, 0) is 44.5 Å². The van der Waals surface area contributed by atoms with E-state index in [9.17, 15) is 9.59 Å². The topological polar surface area (TPSA) is 64.6 Å². The highest BCUT2D eigenvalue weighted by atomic mass is 79.9. The van der Waals surface area contributed by atoms with Crippen molar-refractivity contribution in [2.75, 3.05) is 5.32 Å². The number of benzene rings is 2. The Kier molecular flexibility index (Phi) is 6.20. The summed E-state index contributed by atoms with van der Waals surface area (Å²) < 4.78 is 11.3. The summed E-state index contributed by atoms with van der Waals surface area (Å²) in [6.45, 7) is 5.49. The van der Waals surface area contributed by atoms with E-state index in [0.717, 1.165) is 5.56 Å². The smallest absolute Gasteiger partial charge is 0.411 e. The Morgan fingerprint density at radius 1 is 1.08 bits per heavy atom. The first-order chi connectivity index (χ1) is 11.7. The van der Waals surface area contributed by atoms with Gasteiger partial charge in [-0.15, -0.1) is 0 Å². The van der Waals surface area contributed by atoms with Crippen molar-refractivity contribution in [2.24, 2.45) is 0 Å². The second-order valence-corrected chi connectivity index (χ2v) is 7.29. The second kappa shape index (κ2) is 8.16. The lowest BCUT2D eigenvalue weighted by molar-refractivity contribution is 0.00707. The molecule has 0 spiro atoms. The third-order valence-electron chi connectivity index (χ3n) is 3.05. The molecule has 2 rings (SSSR count). The molecular formula is C19H20BrNO4. The molecule has 132 valence electrons. The standard InChI is InChI=1S/C19H20BrNO4/c1-19(2,3)25-17(22)15-11-14(20)9-10-16(15)21-18(23)24-12-13-7-5-4-6-8-13/h4-11H,12H2,1-3H3,(H,21,23). The lowest BCUT2D eigenvalue weighted by atomic mass is 10.1. The second-order valence-electron chi connectivity index (χ2n) is 6.38. The third-order valence-corrected chi connectivity index (χ3v) is 3.54. The summed E-state index contributed by atoms with van der Waals surface area (Å²) in [4.78, 5) is 24.4. The monoisotopic (exact) mass is 405 g/mol. The molecule has 0 aliphatic rings. The predicted molar refractivity (Wildman–Crippen MR) is 99.6 cm³/mol. The Bertz CT molecular complexity index is 754. The number of carbonyl (C=O) groups excluding carboxylic acids is 2. The highest BCUT2D eigenvalue weighted by Crippen LogP contribution is 2.24. The Labute approximate surface area is 155 Å². The number of hydrogen-bond acceptors (Lipinski definition) is 4. The third kappa shape index (κ3) is 6.23. The first-order valence-electron chi connectivity index (χ1n) is 7.75. The minimum absolute atomic E-state index is 0.144. The molecule has 0 aliphatic heterocycles. The molecule has 0 aliphatic carbocycles. The molecule has 0 radical (unpaired) electrons. The van der Waals surface area contributed by atoms with Crippen LogP contribution < -0.4 is 5.32 Å². The van der Waals surface area contributed by atoms with Crippen LogP contribution >= 0.6 is 15.9 Å². The van der Waals surface area contributed by atoms with Crippen LogP contribution in [-0.4, -0.2) is 17.7 Å². The molecule has 0 saturated heterocycles. The fourth-order valence-electron chi connectivity index (χ4n) is 2.00. The average molecular weight is 406 g/mol. The fourth-order valence-corrected chi connectivity index (χ4v) is 2.36. The van der Waals surface area contributed by atoms with Crippen molar-refractivity contribution in [1.29, 1.82) is 0 Å². The minimum atomic E-state index is -0.643. The lowest BCUT2D eigenvalue weighted by Crippen LogP contribution is -2.25. The van der Waals surface area contributed by atoms with E-state index in [2.05, 4.69) is 21.2 Å². The minimum Gasteiger partial charge on any atom is -0.456 e. The molecule has 1 N–H and O–H groups in total. The van der Waals surface area contributed by atoms with Gasteiger partial charge in [0.2, 0.25) is 0 Å². The van der Waals surface area contributed by atoms with Crippen LogP contribution in [0.2, 0.25) is 0 Å². The fraction of sp³-hybridized carbons (Fsp3) is 0.263. The molecule has 0 aromatic heterocycles. The summed E-state index contributed by atoms with van der Waals surface area (Å²) >= 11 is 3.32. The highest BCUT2D eigenvalue weighted by molar-refractivity contribution is 9.10. The molecule has 2 aromatic rings. The summed E-state index contributed by atoms with van der Waals surface area (Å²) in [7, 11) is 0. The number of hydrogen-bond donors (Lipinski definition) is 1. The number of carbonyl (C=O) groups is 2. The molecule has 0 unspecified atom stereocenters. The van der Waals surface area contributed by atoms with E-state index in [0.29, 0.717) is 10.2 Å². The maximum absolute atomic E-state index is 12.4. The van der Waals surface area contributed by atoms with Crippen molar-refractivity contribution < 1.29 is 19.1 Å². The molecule has 0 atom stereocenters. The van der Waals surface area contributed by atoms with E-state index in [4.69, 9.17) is 9.47 Å². The van der Waals surface area contributed by atoms with E-state index in [-0.39, 0.29) is 12.2 Å². The maximum Gasteiger partial charge on any atom is 0.411 e. The Morgan fingerprint density at radius 3 is 2.40 bits per heavy atom. The zero-order valence-corrected chi connectivity index (χ0v) is 15.9. The SMILES string of the molecule is CC(C)(C)OC(=O)c1cc(Br)ccc1NC(=O)OCc1ccccc1. The Morgan fingerprint density at radius 2 is 1.76 bits per heavy atom. The predicted octanol–water partition coefficient (Wildman–Crippen LogP) is 5.15. The van der Waals surface area contributed by atoms with Crippen LogP contribution in [0.5, 0.6) is 0 Å². The molecular weight excluding hydrogens is 386 g/mol. The van der Waals surface area contributed by atoms with Crippen molar-refractivity contribution in [3.8, 4) is 0 Å². The quantitative estimate of drug-likeness (QED) is 0.713. The van der Waals surface area contributed by atoms with Crippen molar-refractivity contribution in [3.63, 3.8) is 0 Å². The van der Waals surface area contributed by atoms with Crippen molar-refractivity contribution >= 4 is 33.7 Å². The number of esters is 1. The molecule has 5 nitrogen and oxygen atoms in total. The van der Waals surface area contributed by atoms with Gasteiger partial charge in [-0.25, -0.2) is 9.59 Å². The normalized spacial score (nSPS) is 10.9. The molecule has 0 bridgehead atoms. The van der Waals surface area contributed by atoms with Crippen LogP contribution in [0.1, 0.15) is 36.7 Å². The van der Waals surface area contributed by atoms with Gasteiger partial charge in [-0.3, -0.25) is 5.32 Å². The van der Waals surface area contributed by atoms with Crippen LogP contribution in [0.25, 0.3) is 0 Å². The molecule has 0 fully saturated rings. The van der Waals surface area contributed by atoms with Crippen LogP contribution in [0.3, 0.4) is 0 Å². The lowest BCUT2D eigenvalue weighted by Gasteiger charge is -2.20. The van der Waals surface area contributed by atoms with Gasteiger partial charge in [0.05, 0.1) is 11.3 Å². The van der Waals surface area contributed by atoms with E-state index in [1.807, 2.05) is 30.3 Å². The summed E-state index contributed by atoms with van der Waals surface area (Å²) in [5, 5.41) is 2.59. The Hall–Kier alpha value is -2.34.